The summed E-state index contributed by atoms with van der Waals surface area (Å²) in [5, 5.41) is 3.03. The standard InChI is InChI=1S/C23H28N4O4/c1-30-20-9-8-19(15-21(20)31-2)27-16-17(14-22(27)28)24-23(29)26-12-10-25(11-13-26)18-6-4-3-5-7-18/h3-9,15,17H,10-14,16H2,1-2H3,(H,24,29). The number of para-hydroxylation sites is 1. The van der Waals surface area contributed by atoms with Gasteiger partial charge in [-0.05, 0) is 24.3 Å². The van der Waals surface area contributed by atoms with E-state index in [4.69, 9.17) is 9.47 Å². The van der Waals surface area contributed by atoms with Crippen molar-refractivity contribution in [2.45, 2.75) is 12.5 Å². The predicted molar refractivity (Wildman–Crippen MR) is 119 cm³/mol. The maximum Gasteiger partial charge on any atom is 0.317 e. The molecular formula is C23H28N4O4. The van der Waals surface area contributed by atoms with E-state index >= 15 is 0 Å². The van der Waals surface area contributed by atoms with Crippen molar-refractivity contribution in [2.24, 2.45) is 0 Å². The highest BCUT2D eigenvalue weighted by Gasteiger charge is 2.33. The monoisotopic (exact) mass is 424 g/mol. The molecule has 3 amide bonds. The summed E-state index contributed by atoms with van der Waals surface area (Å²) in [4.78, 5) is 31.1. The molecule has 8 nitrogen and oxygen atoms in total. The number of urea groups is 1. The Morgan fingerprint density at radius 2 is 1.65 bits per heavy atom. The number of carbonyl (C=O) groups excluding carboxylic acids is 2. The van der Waals surface area contributed by atoms with Crippen LogP contribution in [0.5, 0.6) is 11.5 Å². The number of ether oxygens (including phenoxy) is 2. The minimum atomic E-state index is -0.222. The van der Waals surface area contributed by atoms with Crippen molar-refractivity contribution < 1.29 is 19.1 Å². The van der Waals surface area contributed by atoms with Crippen LogP contribution in [0.1, 0.15) is 6.42 Å². The number of carbonyl (C=O) groups is 2. The highest BCUT2D eigenvalue weighted by molar-refractivity contribution is 5.97. The van der Waals surface area contributed by atoms with Gasteiger partial charge in [0.25, 0.3) is 0 Å². The van der Waals surface area contributed by atoms with E-state index in [0.717, 1.165) is 18.8 Å². The van der Waals surface area contributed by atoms with Crippen LogP contribution in [0.4, 0.5) is 16.2 Å². The molecule has 4 rings (SSSR count). The Balaban J connectivity index is 1.32. The zero-order chi connectivity index (χ0) is 21.8. The molecule has 8 heteroatoms. The Kier molecular flexibility index (Phi) is 6.16. The summed E-state index contributed by atoms with van der Waals surface area (Å²) in [6.45, 7) is 3.32. The maximum absolute atomic E-state index is 12.8. The number of rotatable bonds is 5. The third kappa shape index (κ3) is 4.52. The second-order valence-corrected chi connectivity index (χ2v) is 7.70. The van der Waals surface area contributed by atoms with Crippen LogP contribution in [-0.4, -0.2) is 69.8 Å². The van der Waals surface area contributed by atoms with E-state index in [9.17, 15) is 9.59 Å². The van der Waals surface area contributed by atoms with Crippen molar-refractivity contribution in [3.05, 3.63) is 48.5 Å². The van der Waals surface area contributed by atoms with Gasteiger partial charge < -0.3 is 29.5 Å². The number of hydrogen-bond donors (Lipinski definition) is 1. The van der Waals surface area contributed by atoms with Gasteiger partial charge in [0, 0.05) is 56.6 Å². The highest BCUT2D eigenvalue weighted by Crippen LogP contribution is 2.33. The SMILES string of the molecule is COc1ccc(N2CC(NC(=O)N3CCN(c4ccccc4)CC3)CC2=O)cc1OC. The molecule has 164 valence electrons. The number of hydrogen-bond acceptors (Lipinski definition) is 5. The van der Waals surface area contributed by atoms with Crippen LogP contribution in [0.3, 0.4) is 0 Å². The first-order chi connectivity index (χ1) is 15.1. The lowest BCUT2D eigenvalue weighted by Gasteiger charge is -2.36. The largest absolute Gasteiger partial charge is 0.493 e. The molecule has 0 bridgehead atoms. The van der Waals surface area contributed by atoms with Crippen molar-refractivity contribution in [1.29, 1.82) is 0 Å². The van der Waals surface area contributed by atoms with Gasteiger partial charge in [-0.3, -0.25) is 4.79 Å². The van der Waals surface area contributed by atoms with Crippen LogP contribution < -0.4 is 24.6 Å². The molecule has 2 aromatic carbocycles. The second kappa shape index (κ2) is 9.16. The van der Waals surface area contributed by atoms with E-state index < -0.39 is 0 Å². The van der Waals surface area contributed by atoms with Gasteiger partial charge in [-0.15, -0.1) is 0 Å². The lowest BCUT2D eigenvalue weighted by atomic mass is 10.2. The summed E-state index contributed by atoms with van der Waals surface area (Å²) in [6.07, 6.45) is 0.282. The third-order valence-electron chi connectivity index (χ3n) is 5.82. The lowest BCUT2D eigenvalue weighted by Crippen LogP contribution is -2.53. The van der Waals surface area contributed by atoms with Crippen molar-refractivity contribution >= 4 is 23.3 Å². The molecule has 1 N–H and O–H groups in total. The van der Waals surface area contributed by atoms with Crippen LogP contribution in [-0.2, 0) is 4.79 Å². The topological polar surface area (TPSA) is 74.4 Å². The first kappa shape index (κ1) is 20.8. The van der Waals surface area contributed by atoms with E-state index in [1.54, 1.807) is 31.3 Å². The van der Waals surface area contributed by atoms with Gasteiger partial charge in [0.05, 0.1) is 20.3 Å². The molecule has 2 aliphatic rings. The van der Waals surface area contributed by atoms with Crippen LogP contribution in [0.25, 0.3) is 0 Å². The van der Waals surface area contributed by atoms with Gasteiger partial charge in [-0.2, -0.15) is 0 Å². The number of nitrogens with zero attached hydrogens (tertiary/aromatic N) is 3. The van der Waals surface area contributed by atoms with Crippen molar-refractivity contribution in [1.82, 2.24) is 10.2 Å². The Labute approximate surface area is 182 Å². The van der Waals surface area contributed by atoms with Gasteiger partial charge in [0.15, 0.2) is 11.5 Å². The second-order valence-electron chi connectivity index (χ2n) is 7.70. The van der Waals surface area contributed by atoms with E-state index in [1.165, 1.54) is 5.69 Å². The van der Waals surface area contributed by atoms with Crippen LogP contribution in [0.15, 0.2) is 48.5 Å². The molecule has 2 heterocycles. The number of nitrogens with one attached hydrogen (secondary N) is 1. The first-order valence-electron chi connectivity index (χ1n) is 10.5. The molecule has 0 aliphatic carbocycles. The minimum Gasteiger partial charge on any atom is -0.493 e. The summed E-state index contributed by atoms with van der Waals surface area (Å²) in [7, 11) is 3.14. The Hall–Kier alpha value is -3.42. The van der Waals surface area contributed by atoms with Crippen molar-refractivity contribution in [2.75, 3.05) is 56.7 Å². The molecule has 2 aliphatic heterocycles. The number of methoxy groups -OCH3 is 2. The number of anilines is 2. The highest BCUT2D eigenvalue weighted by atomic mass is 16.5. The molecule has 1 atom stereocenters. The molecule has 0 spiro atoms. The smallest absolute Gasteiger partial charge is 0.317 e. The van der Waals surface area contributed by atoms with E-state index in [2.05, 4.69) is 22.3 Å². The number of benzene rings is 2. The summed E-state index contributed by atoms with van der Waals surface area (Å²) in [5.41, 5.74) is 1.91. The normalized spacial score (nSPS) is 18.8. The summed E-state index contributed by atoms with van der Waals surface area (Å²) in [5.74, 6) is 1.15. The molecule has 2 aromatic rings. The molecule has 1 unspecified atom stereocenters. The summed E-state index contributed by atoms with van der Waals surface area (Å²) < 4.78 is 10.6. The van der Waals surface area contributed by atoms with Crippen LogP contribution in [0.2, 0.25) is 0 Å². The fourth-order valence-corrected chi connectivity index (χ4v) is 4.12. The Bertz CT molecular complexity index is 928. The van der Waals surface area contributed by atoms with Crippen LogP contribution in [0, 0.1) is 0 Å². The predicted octanol–water partition coefficient (Wildman–Crippen LogP) is 2.34. The fourth-order valence-electron chi connectivity index (χ4n) is 4.12. The van der Waals surface area contributed by atoms with Crippen LogP contribution >= 0.6 is 0 Å². The lowest BCUT2D eigenvalue weighted by molar-refractivity contribution is -0.117. The van der Waals surface area contributed by atoms with Crippen molar-refractivity contribution in [3.63, 3.8) is 0 Å². The fraction of sp³-hybridized carbons (Fsp3) is 0.391. The zero-order valence-electron chi connectivity index (χ0n) is 17.9. The molecule has 2 fully saturated rings. The minimum absolute atomic E-state index is 0.0218. The van der Waals surface area contributed by atoms with Gasteiger partial charge in [-0.1, -0.05) is 18.2 Å². The van der Waals surface area contributed by atoms with Gasteiger partial charge >= 0.3 is 6.03 Å². The molecule has 0 radical (unpaired) electrons. The van der Waals surface area contributed by atoms with Gasteiger partial charge in [0.1, 0.15) is 0 Å². The number of piperazine rings is 1. The Morgan fingerprint density at radius 3 is 2.32 bits per heavy atom. The van der Waals surface area contributed by atoms with E-state index in [-0.39, 0.29) is 24.4 Å². The average Bonchev–Trinajstić information content (AvgIpc) is 3.19. The Morgan fingerprint density at radius 1 is 0.935 bits per heavy atom. The maximum atomic E-state index is 12.8. The summed E-state index contributed by atoms with van der Waals surface area (Å²) >= 11 is 0. The number of amides is 3. The molecule has 2 saturated heterocycles. The molecule has 31 heavy (non-hydrogen) atoms. The van der Waals surface area contributed by atoms with E-state index in [1.807, 2.05) is 29.2 Å². The zero-order valence-corrected chi connectivity index (χ0v) is 17.9. The quantitative estimate of drug-likeness (QED) is 0.798. The van der Waals surface area contributed by atoms with Crippen molar-refractivity contribution in [3.8, 4) is 11.5 Å². The molecule has 0 aromatic heterocycles. The third-order valence-corrected chi connectivity index (χ3v) is 5.82. The van der Waals surface area contributed by atoms with Gasteiger partial charge in [-0.25, -0.2) is 4.79 Å². The average molecular weight is 425 g/mol. The van der Waals surface area contributed by atoms with Gasteiger partial charge in [0.2, 0.25) is 5.91 Å². The first-order valence-corrected chi connectivity index (χ1v) is 10.5. The molecular weight excluding hydrogens is 396 g/mol. The summed E-state index contributed by atoms with van der Waals surface area (Å²) in [6, 6.07) is 15.3. The van der Waals surface area contributed by atoms with E-state index in [0.29, 0.717) is 31.1 Å². The molecule has 0 saturated carbocycles.